The van der Waals surface area contributed by atoms with Crippen LogP contribution < -0.4 is 5.32 Å². The Kier molecular flexibility index (Phi) is 3.38. The maximum absolute atomic E-state index is 4.50. The lowest BCUT2D eigenvalue weighted by molar-refractivity contribution is 0.603. The molecule has 0 aliphatic rings. The van der Waals surface area contributed by atoms with Crippen LogP contribution in [-0.2, 0) is 7.05 Å². The molecule has 1 N–H and O–H groups in total. The summed E-state index contributed by atoms with van der Waals surface area (Å²) in [5, 5.41) is 9.67. The van der Waals surface area contributed by atoms with Crippen LogP contribution in [-0.4, -0.2) is 21.8 Å². The summed E-state index contributed by atoms with van der Waals surface area (Å²) in [6, 6.07) is 4.30. The van der Waals surface area contributed by atoms with Crippen LogP contribution in [0.1, 0.15) is 17.3 Å². The summed E-state index contributed by atoms with van der Waals surface area (Å²) in [5.74, 6) is 0. The lowest BCUT2D eigenvalue weighted by Gasteiger charge is -2.17. The highest BCUT2D eigenvalue weighted by Crippen LogP contribution is 2.30. The van der Waals surface area contributed by atoms with E-state index in [0.717, 1.165) is 21.2 Å². The number of hydrogen-bond acceptors (Lipinski definition) is 4. The lowest BCUT2D eigenvalue weighted by Crippen LogP contribution is -2.21. The van der Waals surface area contributed by atoms with Crippen LogP contribution in [0.15, 0.2) is 34.4 Å². The molecule has 0 aliphatic carbocycles. The topological polar surface area (TPSA) is 42.7 Å². The molecule has 98 valence electrons. The molecule has 0 spiro atoms. The Balaban J connectivity index is 2.11. The molecule has 0 fully saturated rings. The van der Waals surface area contributed by atoms with Crippen molar-refractivity contribution in [2.75, 3.05) is 7.05 Å². The van der Waals surface area contributed by atoms with E-state index in [-0.39, 0.29) is 6.04 Å². The number of rotatable bonds is 3. The molecule has 3 aromatic rings. The Morgan fingerprint density at radius 3 is 2.95 bits per heavy atom. The summed E-state index contributed by atoms with van der Waals surface area (Å²) < 4.78 is 4.08. The standard InChI is InChI=1S/C13H13BrN4S/c1-15-12(13-9(14)7-17-18(13)2)8-5-11-10(16-6-8)3-4-19-11/h3-7,12,15H,1-2H3. The van der Waals surface area contributed by atoms with Crippen molar-refractivity contribution in [1.82, 2.24) is 20.1 Å². The van der Waals surface area contributed by atoms with Crippen molar-refractivity contribution in [1.29, 1.82) is 0 Å². The van der Waals surface area contributed by atoms with Crippen molar-refractivity contribution < 1.29 is 0 Å². The van der Waals surface area contributed by atoms with Crippen LogP contribution in [0.5, 0.6) is 0 Å². The van der Waals surface area contributed by atoms with E-state index in [9.17, 15) is 0 Å². The molecule has 0 amide bonds. The molecule has 0 saturated carbocycles. The fourth-order valence-corrected chi connectivity index (χ4v) is 3.59. The fraction of sp³-hybridized carbons (Fsp3) is 0.231. The zero-order chi connectivity index (χ0) is 13.4. The average molecular weight is 337 g/mol. The zero-order valence-electron chi connectivity index (χ0n) is 10.6. The maximum atomic E-state index is 4.50. The predicted octanol–water partition coefficient (Wildman–Crippen LogP) is 3.10. The molecule has 3 heterocycles. The van der Waals surface area contributed by atoms with Gasteiger partial charge < -0.3 is 5.32 Å². The van der Waals surface area contributed by atoms with E-state index >= 15 is 0 Å². The zero-order valence-corrected chi connectivity index (χ0v) is 13.0. The van der Waals surface area contributed by atoms with Crippen molar-refractivity contribution in [3.05, 3.63) is 45.6 Å². The number of hydrogen-bond donors (Lipinski definition) is 1. The second kappa shape index (κ2) is 5.03. The minimum atomic E-state index is 0.0703. The molecule has 3 aromatic heterocycles. The van der Waals surface area contributed by atoms with Gasteiger partial charge in [0.15, 0.2) is 0 Å². The maximum Gasteiger partial charge on any atom is 0.0809 e. The Morgan fingerprint density at radius 2 is 2.26 bits per heavy atom. The highest BCUT2D eigenvalue weighted by Gasteiger charge is 2.19. The van der Waals surface area contributed by atoms with Crippen LogP contribution in [0, 0.1) is 0 Å². The number of fused-ring (bicyclic) bond motifs is 1. The van der Waals surface area contributed by atoms with E-state index < -0.39 is 0 Å². The first kappa shape index (κ1) is 12.8. The predicted molar refractivity (Wildman–Crippen MR) is 81.4 cm³/mol. The molecule has 6 heteroatoms. The van der Waals surface area contributed by atoms with Gasteiger partial charge in [0.25, 0.3) is 0 Å². The summed E-state index contributed by atoms with van der Waals surface area (Å²) in [6.07, 6.45) is 3.74. The lowest BCUT2D eigenvalue weighted by atomic mass is 10.1. The molecule has 1 unspecified atom stereocenters. The molecule has 1 atom stereocenters. The quantitative estimate of drug-likeness (QED) is 0.799. The minimum Gasteiger partial charge on any atom is -0.308 e. The highest BCUT2D eigenvalue weighted by atomic mass is 79.9. The average Bonchev–Trinajstić information content (AvgIpc) is 3.00. The monoisotopic (exact) mass is 336 g/mol. The number of pyridine rings is 1. The number of aryl methyl sites for hydroxylation is 1. The summed E-state index contributed by atoms with van der Waals surface area (Å²) in [4.78, 5) is 4.50. The second-order valence-corrected chi connectivity index (χ2v) is 6.10. The number of thiophene rings is 1. The second-order valence-electron chi connectivity index (χ2n) is 4.30. The number of aromatic nitrogens is 3. The fourth-order valence-electron chi connectivity index (χ4n) is 2.23. The van der Waals surface area contributed by atoms with E-state index in [2.05, 4.69) is 42.8 Å². The normalized spacial score (nSPS) is 13.0. The molecule has 0 saturated heterocycles. The summed E-state index contributed by atoms with van der Waals surface area (Å²) >= 11 is 5.27. The molecule has 3 rings (SSSR count). The van der Waals surface area contributed by atoms with Gasteiger partial charge in [0.2, 0.25) is 0 Å². The first-order chi connectivity index (χ1) is 9.20. The van der Waals surface area contributed by atoms with Gasteiger partial charge in [0.05, 0.1) is 32.6 Å². The van der Waals surface area contributed by atoms with Crippen molar-refractivity contribution >= 4 is 37.5 Å². The van der Waals surface area contributed by atoms with E-state index in [1.807, 2.05) is 37.2 Å². The third-order valence-corrected chi connectivity index (χ3v) is 4.62. The number of nitrogens with one attached hydrogen (secondary N) is 1. The van der Waals surface area contributed by atoms with Crippen molar-refractivity contribution in [2.24, 2.45) is 7.05 Å². The summed E-state index contributed by atoms with van der Waals surface area (Å²) in [6.45, 7) is 0. The first-order valence-corrected chi connectivity index (χ1v) is 7.56. The van der Waals surface area contributed by atoms with Gasteiger partial charge in [-0.25, -0.2) is 0 Å². The van der Waals surface area contributed by atoms with Crippen molar-refractivity contribution in [3.8, 4) is 0 Å². The Bertz CT molecular complexity index is 699. The van der Waals surface area contributed by atoms with Gasteiger partial charge in [0, 0.05) is 13.2 Å². The van der Waals surface area contributed by atoms with Gasteiger partial charge in [-0.3, -0.25) is 9.67 Å². The van der Waals surface area contributed by atoms with Crippen molar-refractivity contribution in [3.63, 3.8) is 0 Å². The van der Waals surface area contributed by atoms with Crippen LogP contribution in [0.25, 0.3) is 10.2 Å². The van der Waals surface area contributed by atoms with Crippen LogP contribution >= 0.6 is 27.3 Å². The molecule has 0 aromatic carbocycles. The van der Waals surface area contributed by atoms with Crippen LogP contribution in [0.2, 0.25) is 0 Å². The molecular formula is C13H13BrN4S. The smallest absolute Gasteiger partial charge is 0.0809 e. The van der Waals surface area contributed by atoms with Crippen LogP contribution in [0.4, 0.5) is 0 Å². The van der Waals surface area contributed by atoms with E-state index in [0.29, 0.717) is 0 Å². The Hall–Kier alpha value is -1.24. The van der Waals surface area contributed by atoms with Gasteiger partial charge in [-0.05, 0) is 46.1 Å². The molecule has 19 heavy (non-hydrogen) atoms. The first-order valence-electron chi connectivity index (χ1n) is 5.88. The van der Waals surface area contributed by atoms with Gasteiger partial charge in [-0.2, -0.15) is 5.10 Å². The van der Waals surface area contributed by atoms with Gasteiger partial charge in [-0.15, -0.1) is 11.3 Å². The third-order valence-electron chi connectivity index (χ3n) is 3.16. The number of nitrogens with zero attached hydrogens (tertiary/aromatic N) is 3. The molecular weight excluding hydrogens is 324 g/mol. The summed E-state index contributed by atoms with van der Waals surface area (Å²) in [5.41, 5.74) is 3.29. The molecule has 0 bridgehead atoms. The molecule has 4 nitrogen and oxygen atoms in total. The largest absolute Gasteiger partial charge is 0.308 e. The highest BCUT2D eigenvalue weighted by molar-refractivity contribution is 9.10. The van der Waals surface area contributed by atoms with Crippen molar-refractivity contribution in [2.45, 2.75) is 6.04 Å². The van der Waals surface area contributed by atoms with Gasteiger partial charge in [-0.1, -0.05) is 0 Å². The summed E-state index contributed by atoms with van der Waals surface area (Å²) in [7, 11) is 3.89. The number of halogens is 1. The third kappa shape index (κ3) is 2.20. The Labute approximate surface area is 123 Å². The minimum absolute atomic E-state index is 0.0703. The molecule has 0 radical (unpaired) electrons. The van der Waals surface area contributed by atoms with Gasteiger partial charge >= 0.3 is 0 Å². The van der Waals surface area contributed by atoms with Crippen LogP contribution in [0.3, 0.4) is 0 Å². The van der Waals surface area contributed by atoms with E-state index in [1.165, 1.54) is 4.70 Å². The Morgan fingerprint density at radius 1 is 1.42 bits per heavy atom. The SMILES string of the molecule is CNC(c1cnc2ccsc2c1)c1c(Br)cnn1C. The van der Waals surface area contributed by atoms with E-state index in [1.54, 1.807) is 11.3 Å². The van der Waals surface area contributed by atoms with Gasteiger partial charge in [0.1, 0.15) is 0 Å². The molecule has 0 aliphatic heterocycles. The van der Waals surface area contributed by atoms with E-state index in [4.69, 9.17) is 0 Å².